The topological polar surface area (TPSA) is 84.9 Å². The minimum atomic E-state index is -0.811. The Labute approximate surface area is 113 Å². The highest BCUT2D eigenvalue weighted by molar-refractivity contribution is 5.68. The summed E-state index contributed by atoms with van der Waals surface area (Å²) in [5.41, 5.74) is -0.534. The average Bonchev–Trinajstić information content (AvgIpc) is 2.24. The lowest BCUT2D eigenvalue weighted by molar-refractivity contribution is -0.139. The molecule has 110 valence electrons. The van der Waals surface area contributed by atoms with E-state index in [1.807, 2.05) is 0 Å². The van der Waals surface area contributed by atoms with Gasteiger partial charge in [0.2, 0.25) is 0 Å². The molecule has 0 radical (unpaired) electrons. The summed E-state index contributed by atoms with van der Waals surface area (Å²) in [5.74, 6) is -0.743. The van der Waals surface area contributed by atoms with Crippen molar-refractivity contribution in [2.75, 3.05) is 19.8 Å². The van der Waals surface area contributed by atoms with Crippen molar-refractivity contribution in [1.82, 2.24) is 5.32 Å². The van der Waals surface area contributed by atoms with Crippen LogP contribution in [0.4, 0.5) is 4.79 Å². The van der Waals surface area contributed by atoms with Gasteiger partial charge in [-0.05, 0) is 33.1 Å². The number of carbonyl (C=O) groups is 2. The van der Waals surface area contributed by atoms with E-state index in [-0.39, 0.29) is 18.3 Å². The van der Waals surface area contributed by atoms with Crippen molar-refractivity contribution in [3.8, 4) is 0 Å². The number of alkyl carbamates (subject to hydrolysis) is 1. The SMILES string of the molecule is CC(C)(C)OC(=O)NC[C@@H]1COCC[C@H]1CC(=O)O. The van der Waals surface area contributed by atoms with Gasteiger partial charge < -0.3 is 19.9 Å². The van der Waals surface area contributed by atoms with Crippen molar-refractivity contribution in [3.63, 3.8) is 0 Å². The molecule has 0 aliphatic carbocycles. The molecule has 6 nitrogen and oxygen atoms in total. The lowest BCUT2D eigenvalue weighted by Crippen LogP contribution is -2.40. The summed E-state index contributed by atoms with van der Waals surface area (Å²) >= 11 is 0. The zero-order valence-corrected chi connectivity index (χ0v) is 11.8. The molecule has 0 aromatic rings. The molecule has 0 aromatic carbocycles. The number of carboxylic acids is 1. The highest BCUT2D eigenvalue weighted by atomic mass is 16.6. The maximum absolute atomic E-state index is 11.5. The average molecular weight is 273 g/mol. The molecule has 0 unspecified atom stereocenters. The Morgan fingerprint density at radius 3 is 2.63 bits per heavy atom. The van der Waals surface area contributed by atoms with Gasteiger partial charge in [0.05, 0.1) is 6.61 Å². The number of rotatable bonds is 4. The van der Waals surface area contributed by atoms with E-state index >= 15 is 0 Å². The van der Waals surface area contributed by atoms with Crippen LogP contribution in [0.1, 0.15) is 33.6 Å². The number of amides is 1. The number of carboxylic acid groups (broad SMARTS) is 1. The van der Waals surface area contributed by atoms with Gasteiger partial charge in [0.1, 0.15) is 5.60 Å². The quantitative estimate of drug-likeness (QED) is 0.813. The first-order valence-electron chi connectivity index (χ1n) is 6.54. The van der Waals surface area contributed by atoms with Gasteiger partial charge in [-0.3, -0.25) is 4.79 Å². The number of aliphatic carboxylic acids is 1. The first kappa shape index (κ1) is 15.8. The van der Waals surface area contributed by atoms with Crippen LogP contribution in [0.2, 0.25) is 0 Å². The third kappa shape index (κ3) is 6.42. The number of hydrogen-bond acceptors (Lipinski definition) is 4. The van der Waals surface area contributed by atoms with Crippen LogP contribution in [0.25, 0.3) is 0 Å². The fraction of sp³-hybridized carbons (Fsp3) is 0.846. The molecule has 1 heterocycles. The molecule has 0 saturated carbocycles. The zero-order valence-electron chi connectivity index (χ0n) is 11.8. The summed E-state index contributed by atoms with van der Waals surface area (Å²) in [6.45, 7) is 6.83. The highest BCUT2D eigenvalue weighted by Gasteiger charge is 2.28. The second kappa shape index (κ2) is 6.75. The predicted molar refractivity (Wildman–Crippen MR) is 68.9 cm³/mol. The van der Waals surface area contributed by atoms with Gasteiger partial charge in [0.25, 0.3) is 0 Å². The smallest absolute Gasteiger partial charge is 0.407 e. The molecule has 2 N–H and O–H groups in total. The fourth-order valence-electron chi connectivity index (χ4n) is 2.09. The highest BCUT2D eigenvalue weighted by Crippen LogP contribution is 2.24. The lowest BCUT2D eigenvalue weighted by atomic mass is 9.86. The maximum atomic E-state index is 11.5. The molecule has 19 heavy (non-hydrogen) atoms. The Hall–Kier alpha value is -1.30. The molecule has 1 saturated heterocycles. The van der Waals surface area contributed by atoms with Crippen LogP contribution in [0.5, 0.6) is 0 Å². The third-order valence-corrected chi connectivity index (χ3v) is 2.98. The summed E-state index contributed by atoms with van der Waals surface area (Å²) in [5, 5.41) is 11.5. The molecule has 6 heteroatoms. The van der Waals surface area contributed by atoms with Gasteiger partial charge in [-0.15, -0.1) is 0 Å². The molecular weight excluding hydrogens is 250 g/mol. The second-order valence-electron chi connectivity index (χ2n) is 5.86. The van der Waals surface area contributed by atoms with Gasteiger partial charge in [-0.25, -0.2) is 4.79 Å². The van der Waals surface area contributed by atoms with Crippen LogP contribution in [0.15, 0.2) is 0 Å². The largest absolute Gasteiger partial charge is 0.481 e. The Kier molecular flexibility index (Phi) is 5.60. The van der Waals surface area contributed by atoms with E-state index in [1.54, 1.807) is 20.8 Å². The van der Waals surface area contributed by atoms with E-state index in [9.17, 15) is 9.59 Å². The van der Waals surface area contributed by atoms with E-state index in [2.05, 4.69) is 5.32 Å². The Balaban J connectivity index is 2.40. The van der Waals surface area contributed by atoms with Crippen molar-refractivity contribution in [2.45, 2.75) is 39.2 Å². The van der Waals surface area contributed by atoms with Crippen LogP contribution in [0, 0.1) is 11.8 Å². The maximum Gasteiger partial charge on any atom is 0.407 e. The Bertz CT molecular complexity index is 323. The standard InChI is InChI=1S/C13H23NO5/c1-13(2,3)19-12(17)14-7-10-8-18-5-4-9(10)6-11(15)16/h9-10H,4-8H2,1-3H3,(H,14,17)(H,15,16)/t9-,10+/m0/s1. The second-order valence-corrected chi connectivity index (χ2v) is 5.86. The molecule has 1 aliphatic heterocycles. The van der Waals surface area contributed by atoms with Crippen LogP contribution < -0.4 is 5.32 Å². The Morgan fingerprint density at radius 1 is 1.37 bits per heavy atom. The van der Waals surface area contributed by atoms with E-state index < -0.39 is 17.7 Å². The van der Waals surface area contributed by atoms with Crippen LogP contribution >= 0.6 is 0 Å². The van der Waals surface area contributed by atoms with Crippen LogP contribution in [-0.4, -0.2) is 42.5 Å². The molecule has 1 amide bonds. The first-order valence-corrected chi connectivity index (χ1v) is 6.54. The van der Waals surface area contributed by atoms with Gasteiger partial charge in [0.15, 0.2) is 0 Å². The van der Waals surface area contributed by atoms with Crippen molar-refractivity contribution < 1.29 is 24.2 Å². The first-order chi connectivity index (χ1) is 8.78. The van der Waals surface area contributed by atoms with Crippen molar-refractivity contribution in [2.24, 2.45) is 11.8 Å². The number of nitrogens with one attached hydrogen (secondary N) is 1. The summed E-state index contributed by atoms with van der Waals surface area (Å²) < 4.78 is 10.5. The van der Waals surface area contributed by atoms with Crippen molar-refractivity contribution in [3.05, 3.63) is 0 Å². The van der Waals surface area contributed by atoms with Gasteiger partial charge in [-0.1, -0.05) is 0 Å². The zero-order chi connectivity index (χ0) is 14.5. The molecule has 0 spiro atoms. The molecular formula is C13H23NO5. The van der Waals surface area contributed by atoms with E-state index in [0.29, 0.717) is 26.2 Å². The number of hydrogen-bond donors (Lipinski definition) is 2. The van der Waals surface area contributed by atoms with E-state index in [4.69, 9.17) is 14.6 Å². The fourth-order valence-corrected chi connectivity index (χ4v) is 2.09. The molecule has 0 bridgehead atoms. The summed E-state index contributed by atoms with van der Waals surface area (Å²) in [6, 6.07) is 0. The van der Waals surface area contributed by atoms with Gasteiger partial charge in [0, 0.05) is 25.5 Å². The number of ether oxygens (including phenoxy) is 2. The van der Waals surface area contributed by atoms with E-state index in [0.717, 1.165) is 0 Å². The van der Waals surface area contributed by atoms with Crippen LogP contribution in [-0.2, 0) is 14.3 Å². The normalized spacial score (nSPS) is 23.7. The Morgan fingerprint density at radius 2 is 2.05 bits per heavy atom. The van der Waals surface area contributed by atoms with E-state index in [1.165, 1.54) is 0 Å². The predicted octanol–water partition coefficient (Wildman–Crippen LogP) is 1.64. The molecule has 0 aromatic heterocycles. The minimum absolute atomic E-state index is 0.0253. The van der Waals surface area contributed by atoms with Crippen molar-refractivity contribution in [1.29, 1.82) is 0 Å². The van der Waals surface area contributed by atoms with Crippen molar-refractivity contribution >= 4 is 12.1 Å². The molecule has 1 fully saturated rings. The number of carbonyl (C=O) groups excluding carboxylic acids is 1. The third-order valence-electron chi connectivity index (χ3n) is 2.98. The lowest BCUT2D eigenvalue weighted by Gasteiger charge is -2.31. The van der Waals surface area contributed by atoms with Gasteiger partial charge >= 0.3 is 12.1 Å². The summed E-state index contributed by atoms with van der Waals surface area (Å²) in [6.07, 6.45) is 0.351. The summed E-state index contributed by atoms with van der Waals surface area (Å²) in [7, 11) is 0. The van der Waals surface area contributed by atoms with Crippen LogP contribution in [0.3, 0.4) is 0 Å². The monoisotopic (exact) mass is 273 g/mol. The minimum Gasteiger partial charge on any atom is -0.481 e. The van der Waals surface area contributed by atoms with Gasteiger partial charge in [-0.2, -0.15) is 0 Å². The summed E-state index contributed by atoms with van der Waals surface area (Å²) in [4.78, 5) is 22.3. The molecule has 1 aliphatic rings. The molecule has 1 rings (SSSR count). The molecule has 2 atom stereocenters.